The number of allylic oxidation sites excluding steroid dienone is 2. The number of nitrogens with zero attached hydrogens (tertiary/aromatic N) is 1. The molecule has 1 aromatic rings. The van der Waals surface area contributed by atoms with Crippen molar-refractivity contribution in [2.45, 2.75) is 65.0 Å². The van der Waals surface area contributed by atoms with Gasteiger partial charge in [0.2, 0.25) is 11.8 Å². The second-order valence-electron chi connectivity index (χ2n) is 11.3. The summed E-state index contributed by atoms with van der Waals surface area (Å²) in [6.07, 6.45) is 3.56. The molecule has 3 fully saturated rings. The maximum absolute atomic E-state index is 13.4. The van der Waals surface area contributed by atoms with E-state index >= 15 is 0 Å². The van der Waals surface area contributed by atoms with Gasteiger partial charge in [-0.3, -0.25) is 9.59 Å². The number of carbonyl (C=O) groups is 2. The molecule has 1 aromatic carbocycles. The maximum Gasteiger partial charge on any atom is 0.418 e. The average Bonchev–Trinajstić information content (AvgIpc) is 3.13. The van der Waals surface area contributed by atoms with E-state index in [2.05, 4.69) is 25.2 Å². The van der Waals surface area contributed by atoms with Gasteiger partial charge >= 0.3 is 6.18 Å². The molecular weight excluding hydrogens is 441 g/mol. The van der Waals surface area contributed by atoms with Crippen LogP contribution in [0.4, 0.5) is 18.9 Å². The minimum absolute atomic E-state index is 0.0289. The number of piperidine rings is 1. The molecule has 6 atom stereocenters. The molecule has 1 N–H and O–H groups in total. The highest BCUT2D eigenvalue weighted by Gasteiger charge is 2.60. The fourth-order valence-electron chi connectivity index (χ4n) is 8.07. The Labute approximate surface area is 199 Å². The minimum Gasteiger partial charge on any atom is -0.325 e. The molecule has 0 aromatic heterocycles. The molecular formula is C27H33F3N2O2. The molecule has 1 unspecified atom stereocenters. The smallest absolute Gasteiger partial charge is 0.325 e. The zero-order chi connectivity index (χ0) is 24.5. The van der Waals surface area contributed by atoms with Gasteiger partial charge in [0.1, 0.15) is 0 Å². The lowest BCUT2D eigenvalue weighted by molar-refractivity contribution is -0.138. The van der Waals surface area contributed by atoms with Crippen LogP contribution in [0.2, 0.25) is 0 Å². The molecule has 2 saturated carbocycles. The number of rotatable bonds is 2. The van der Waals surface area contributed by atoms with E-state index in [9.17, 15) is 22.8 Å². The van der Waals surface area contributed by atoms with Gasteiger partial charge < -0.3 is 10.2 Å². The Morgan fingerprint density at radius 2 is 1.82 bits per heavy atom. The number of hydrogen-bond donors (Lipinski definition) is 1. The number of likely N-dealkylation sites (tertiary alicyclic amines) is 1. The first kappa shape index (κ1) is 23.4. The van der Waals surface area contributed by atoms with Crippen molar-refractivity contribution in [3.8, 4) is 0 Å². The van der Waals surface area contributed by atoms with Crippen LogP contribution >= 0.6 is 0 Å². The normalized spacial score (nSPS) is 37.4. The molecule has 1 heterocycles. The van der Waals surface area contributed by atoms with Crippen molar-refractivity contribution in [2.24, 2.45) is 34.5 Å². The first-order valence-corrected chi connectivity index (χ1v) is 12.4. The van der Waals surface area contributed by atoms with Gasteiger partial charge in [-0.25, -0.2) is 0 Å². The van der Waals surface area contributed by atoms with Crippen LogP contribution in [-0.2, 0) is 15.8 Å². The van der Waals surface area contributed by atoms with Crippen molar-refractivity contribution >= 4 is 17.5 Å². The predicted molar refractivity (Wildman–Crippen MR) is 123 cm³/mol. The third-order valence-electron chi connectivity index (χ3n) is 9.82. The first-order valence-electron chi connectivity index (χ1n) is 12.4. The topological polar surface area (TPSA) is 49.4 Å². The van der Waals surface area contributed by atoms with E-state index in [0.717, 1.165) is 43.9 Å². The number of benzene rings is 1. The van der Waals surface area contributed by atoms with Gasteiger partial charge in [0, 0.05) is 30.5 Å². The van der Waals surface area contributed by atoms with E-state index in [0.29, 0.717) is 30.6 Å². The summed E-state index contributed by atoms with van der Waals surface area (Å²) in [4.78, 5) is 27.5. The monoisotopic (exact) mass is 474 g/mol. The number of hydrogen-bond acceptors (Lipinski definition) is 2. The Morgan fingerprint density at radius 3 is 2.56 bits per heavy atom. The van der Waals surface area contributed by atoms with Crippen LogP contribution in [0.1, 0.15) is 64.4 Å². The SMILES string of the molecule is CN1C(=O)CC[C@@]2(C)C1=CC[C@@H]1[C@H]2CC[C@]2(C)C(C(=O)Nc3ccccc3C(F)(F)F)CC[C@@H]12. The summed E-state index contributed by atoms with van der Waals surface area (Å²) in [7, 11) is 1.88. The highest BCUT2D eigenvalue weighted by molar-refractivity contribution is 5.94. The van der Waals surface area contributed by atoms with Crippen LogP contribution in [0.5, 0.6) is 0 Å². The largest absolute Gasteiger partial charge is 0.418 e. The quantitative estimate of drug-likeness (QED) is 0.551. The van der Waals surface area contributed by atoms with Gasteiger partial charge in [-0.1, -0.05) is 32.1 Å². The second kappa shape index (κ2) is 7.85. The molecule has 1 aliphatic heterocycles. The van der Waals surface area contributed by atoms with Crippen molar-refractivity contribution in [1.82, 2.24) is 4.90 Å². The summed E-state index contributed by atoms with van der Waals surface area (Å²) in [5.41, 5.74) is -0.0614. The predicted octanol–water partition coefficient (Wildman–Crippen LogP) is 6.25. The Morgan fingerprint density at radius 1 is 1.09 bits per heavy atom. The maximum atomic E-state index is 13.4. The van der Waals surface area contributed by atoms with Crippen LogP contribution in [0.15, 0.2) is 36.0 Å². The molecule has 7 heteroatoms. The summed E-state index contributed by atoms with van der Waals surface area (Å²) in [5.74, 6) is 0.857. The van der Waals surface area contributed by atoms with Gasteiger partial charge in [-0.2, -0.15) is 13.2 Å². The third-order valence-corrected chi connectivity index (χ3v) is 9.82. The lowest BCUT2D eigenvalue weighted by Crippen LogP contribution is -2.54. The van der Waals surface area contributed by atoms with Crippen molar-refractivity contribution in [1.29, 1.82) is 0 Å². The molecule has 34 heavy (non-hydrogen) atoms. The summed E-state index contributed by atoms with van der Waals surface area (Å²) >= 11 is 0. The number of alkyl halides is 3. The van der Waals surface area contributed by atoms with Gasteiger partial charge in [0.05, 0.1) is 11.3 Å². The van der Waals surface area contributed by atoms with Gasteiger partial charge in [0.15, 0.2) is 0 Å². The Kier molecular flexibility index (Phi) is 5.41. The number of halogens is 3. The highest BCUT2D eigenvalue weighted by atomic mass is 19.4. The van der Waals surface area contributed by atoms with Crippen LogP contribution in [-0.4, -0.2) is 23.8 Å². The van der Waals surface area contributed by atoms with Crippen LogP contribution < -0.4 is 5.32 Å². The lowest BCUT2D eigenvalue weighted by Gasteiger charge is -2.58. The van der Waals surface area contributed by atoms with E-state index in [-0.39, 0.29) is 34.2 Å². The first-order chi connectivity index (χ1) is 16.0. The number of fused-ring (bicyclic) bond motifs is 5. The van der Waals surface area contributed by atoms with Gasteiger partial charge in [-0.15, -0.1) is 0 Å². The van der Waals surface area contributed by atoms with Crippen LogP contribution in [0.25, 0.3) is 0 Å². The molecule has 1 saturated heterocycles. The zero-order valence-electron chi connectivity index (χ0n) is 20.0. The van der Waals surface area contributed by atoms with Crippen molar-refractivity contribution in [3.05, 3.63) is 41.6 Å². The lowest BCUT2D eigenvalue weighted by atomic mass is 9.49. The molecule has 4 aliphatic rings. The minimum atomic E-state index is -4.51. The van der Waals surface area contributed by atoms with E-state index < -0.39 is 11.7 Å². The number of para-hydroxylation sites is 1. The molecule has 4 nitrogen and oxygen atoms in total. The fourth-order valence-corrected chi connectivity index (χ4v) is 8.07. The summed E-state index contributed by atoms with van der Waals surface area (Å²) < 4.78 is 40.3. The van der Waals surface area contributed by atoms with E-state index in [1.807, 2.05) is 11.9 Å². The summed E-state index contributed by atoms with van der Waals surface area (Å²) in [6.45, 7) is 4.48. The molecule has 3 aliphatic carbocycles. The number of amides is 2. The Balaban J connectivity index is 1.39. The summed E-state index contributed by atoms with van der Waals surface area (Å²) in [6, 6.07) is 5.21. The second-order valence-corrected chi connectivity index (χ2v) is 11.3. The van der Waals surface area contributed by atoms with Crippen molar-refractivity contribution in [2.75, 3.05) is 12.4 Å². The average molecular weight is 475 g/mol. The van der Waals surface area contributed by atoms with E-state index in [4.69, 9.17) is 0 Å². The number of carbonyl (C=O) groups excluding carboxylic acids is 2. The number of anilines is 1. The molecule has 0 spiro atoms. The van der Waals surface area contributed by atoms with E-state index in [1.54, 1.807) is 0 Å². The van der Waals surface area contributed by atoms with Crippen molar-refractivity contribution in [3.63, 3.8) is 0 Å². The van der Waals surface area contributed by atoms with E-state index in [1.165, 1.54) is 18.2 Å². The standard InChI is InChI=1S/C27H33F3N2O2/c1-25-14-12-18-16(8-11-22-26(18,2)15-13-23(33)32(22)3)17(25)9-10-20(25)24(34)31-21-7-5-4-6-19(21)27(28,29)30/h4-7,11,16-18,20H,8-10,12-15H2,1-3H3,(H,31,34)/t16-,17-,18+,20?,25-,26+/m0/s1. The number of nitrogens with one attached hydrogen (secondary N) is 1. The molecule has 0 radical (unpaired) electrons. The summed E-state index contributed by atoms with van der Waals surface area (Å²) in [5, 5.41) is 2.64. The zero-order valence-corrected chi connectivity index (χ0v) is 20.0. The Hall–Kier alpha value is -2.31. The Bertz CT molecular complexity index is 1050. The third kappa shape index (κ3) is 3.41. The van der Waals surface area contributed by atoms with Crippen molar-refractivity contribution < 1.29 is 22.8 Å². The van der Waals surface area contributed by atoms with Gasteiger partial charge in [-0.05, 0) is 73.8 Å². The molecule has 184 valence electrons. The molecule has 5 rings (SSSR count). The van der Waals surface area contributed by atoms with Gasteiger partial charge in [0.25, 0.3) is 0 Å². The molecule has 0 bridgehead atoms. The van der Waals surface area contributed by atoms with Crippen LogP contribution in [0, 0.1) is 34.5 Å². The highest BCUT2D eigenvalue weighted by Crippen LogP contribution is 2.66. The molecule has 2 amide bonds. The van der Waals surface area contributed by atoms with Crippen LogP contribution in [0.3, 0.4) is 0 Å². The fraction of sp³-hybridized carbons (Fsp3) is 0.630.